The van der Waals surface area contributed by atoms with Gasteiger partial charge in [0.1, 0.15) is 12.1 Å². The zero-order valence-electron chi connectivity index (χ0n) is 18.0. The number of aryl methyl sites for hydroxylation is 1. The Morgan fingerprint density at radius 2 is 2.00 bits per heavy atom. The Labute approximate surface area is 196 Å². The second kappa shape index (κ2) is 8.25. The van der Waals surface area contributed by atoms with Crippen LogP contribution in [0.1, 0.15) is 35.3 Å². The van der Waals surface area contributed by atoms with Gasteiger partial charge in [-0.25, -0.2) is 13.2 Å². The number of carbonyl (C=O) groups is 3. The third kappa shape index (κ3) is 3.95. The van der Waals surface area contributed by atoms with Crippen LogP contribution < -0.4 is 5.32 Å². The molecule has 1 aromatic heterocycles. The lowest BCUT2D eigenvalue weighted by Crippen LogP contribution is -2.49. The van der Waals surface area contributed by atoms with Crippen LogP contribution in [-0.4, -0.2) is 60.2 Å². The molecule has 1 aliphatic carbocycles. The first-order chi connectivity index (χ1) is 15.8. The number of nitrogens with zero attached hydrogens (tertiary/aromatic N) is 2. The number of benzene rings is 1. The molecule has 3 heterocycles. The van der Waals surface area contributed by atoms with Crippen molar-refractivity contribution in [2.75, 3.05) is 18.1 Å². The molecule has 1 N–H and O–H groups in total. The quantitative estimate of drug-likeness (QED) is 0.650. The largest absolute Gasteiger partial charge is 0.333 e. The number of carbonyl (C=O) groups excluding carboxylic acids is 3. The maximum Gasteiger partial charge on any atom is 0.325 e. The SMILES string of the molecule is O=C1N[C@]2(CCCc3sccc32)C(=O)N1CC(=O)N(Cc1ccccc1)[C@@H]1CCS(=O)(=O)C1. The number of thiophene rings is 1. The molecule has 10 heteroatoms. The molecule has 2 fully saturated rings. The summed E-state index contributed by atoms with van der Waals surface area (Å²) >= 11 is 1.57. The third-order valence-corrected chi connectivity index (χ3v) is 9.53. The van der Waals surface area contributed by atoms with Crippen molar-refractivity contribution < 1.29 is 22.8 Å². The molecule has 2 saturated heterocycles. The molecule has 0 unspecified atom stereocenters. The van der Waals surface area contributed by atoms with E-state index in [1.54, 1.807) is 11.3 Å². The van der Waals surface area contributed by atoms with Crippen molar-refractivity contribution in [3.05, 3.63) is 57.8 Å². The van der Waals surface area contributed by atoms with Gasteiger partial charge >= 0.3 is 6.03 Å². The van der Waals surface area contributed by atoms with Crippen molar-refractivity contribution in [1.29, 1.82) is 0 Å². The van der Waals surface area contributed by atoms with Gasteiger partial charge in [0.15, 0.2) is 9.84 Å². The molecule has 33 heavy (non-hydrogen) atoms. The molecule has 2 atom stereocenters. The number of sulfone groups is 1. The van der Waals surface area contributed by atoms with E-state index in [2.05, 4.69) is 5.32 Å². The van der Waals surface area contributed by atoms with Crippen molar-refractivity contribution in [3.63, 3.8) is 0 Å². The summed E-state index contributed by atoms with van der Waals surface area (Å²) in [6, 6.07) is 10.1. The summed E-state index contributed by atoms with van der Waals surface area (Å²) in [5.41, 5.74) is 0.584. The molecule has 5 rings (SSSR count). The van der Waals surface area contributed by atoms with Crippen LogP contribution in [0.25, 0.3) is 0 Å². The summed E-state index contributed by atoms with van der Waals surface area (Å²) in [7, 11) is -3.22. The predicted molar refractivity (Wildman–Crippen MR) is 123 cm³/mol. The van der Waals surface area contributed by atoms with Gasteiger partial charge in [0, 0.05) is 23.0 Å². The Bertz CT molecular complexity index is 1210. The van der Waals surface area contributed by atoms with Gasteiger partial charge in [0.05, 0.1) is 11.5 Å². The Morgan fingerprint density at radius 3 is 2.73 bits per heavy atom. The highest BCUT2D eigenvalue weighted by atomic mass is 32.2. The summed E-state index contributed by atoms with van der Waals surface area (Å²) in [4.78, 5) is 43.4. The Balaban J connectivity index is 1.39. The van der Waals surface area contributed by atoms with E-state index in [-0.39, 0.29) is 18.1 Å². The van der Waals surface area contributed by atoms with Crippen LogP contribution >= 0.6 is 11.3 Å². The van der Waals surface area contributed by atoms with Gasteiger partial charge in [-0.1, -0.05) is 30.3 Å². The normalized spacial score (nSPS) is 25.8. The van der Waals surface area contributed by atoms with Crippen molar-refractivity contribution in [2.24, 2.45) is 0 Å². The number of urea groups is 1. The van der Waals surface area contributed by atoms with Crippen LogP contribution in [0.5, 0.6) is 0 Å². The van der Waals surface area contributed by atoms with Gasteiger partial charge in [-0.15, -0.1) is 11.3 Å². The Morgan fingerprint density at radius 1 is 1.21 bits per heavy atom. The molecule has 1 aromatic carbocycles. The zero-order valence-corrected chi connectivity index (χ0v) is 19.7. The smallest absolute Gasteiger partial charge is 0.325 e. The molecular weight excluding hydrogens is 462 g/mol. The summed E-state index contributed by atoms with van der Waals surface area (Å²) in [5, 5.41) is 4.79. The van der Waals surface area contributed by atoms with Crippen molar-refractivity contribution >= 4 is 39.0 Å². The summed E-state index contributed by atoms with van der Waals surface area (Å²) in [6.45, 7) is -0.182. The van der Waals surface area contributed by atoms with Crippen molar-refractivity contribution in [3.8, 4) is 0 Å². The first kappa shape index (κ1) is 22.1. The maximum atomic E-state index is 13.5. The van der Waals surface area contributed by atoms with E-state index in [0.717, 1.165) is 33.7 Å². The predicted octanol–water partition coefficient (Wildman–Crippen LogP) is 2.05. The fourth-order valence-corrected chi connectivity index (χ4v) is 7.86. The first-order valence-corrected chi connectivity index (χ1v) is 13.7. The number of hydrogen-bond acceptors (Lipinski definition) is 6. The minimum absolute atomic E-state index is 0.0312. The molecule has 2 aliphatic heterocycles. The van der Waals surface area contributed by atoms with Crippen molar-refractivity contribution in [1.82, 2.24) is 15.1 Å². The lowest BCUT2D eigenvalue weighted by Gasteiger charge is -2.32. The molecule has 0 saturated carbocycles. The second-order valence-corrected chi connectivity index (χ2v) is 12.1. The molecule has 2 aromatic rings. The molecule has 8 nitrogen and oxygen atoms in total. The van der Waals surface area contributed by atoms with E-state index < -0.39 is 45.8 Å². The van der Waals surface area contributed by atoms with Gasteiger partial charge in [-0.3, -0.25) is 14.5 Å². The van der Waals surface area contributed by atoms with Gasteiger partial charge < -0.3 is 10.2 Å². The monoisotopic (exact) mass is 487 g/mol. The number of hydrogen-bond donors (Lipinski definition) is 1. The van der Waals surface area contributed by atoms with E-state index >= 15 is 0 Å². The summed E-state index contributed by atoms with van der Waals surface area (Å²) in [5.74, 6) is -0.904. The Kier molecular flexibility index (Phi) is 5.52. The highest BCUT2D eigenvalue weighted by Crippen LogP contribution is 2.42. The number of nitrogens with one attached hydrogen (secondary N) is 1. The average Bonchev–Trinajstić information content (AvgIpc) is 3.47. The van der Waals surface area contributed by atoms with Gasteiger partial charge in [-0.2, -0.15) is 0 Å². The van der Waals surface area contributed by atoms with E-state index in [9.17, 15) is 22.8 Å². The van der Waals surface area contributed by atoms with Crippen LogP contribution in [0.3, 0.4) is 0 Å². The maximum absolute atomic E-state index is 13.5. The molecule has 1 spiro atoms. The number of fused-ring (bicyclic) bond motifs is 2. The molecule has 0 radical (unpaired) electrons. The van der Waals surface area contributed by atoms with E-state index in [0.29, 0.717) is 12.8 Å². The van der Waals surface area contributed by atoms with E-state index in [1.165, 1.54) is 4.90 Å². The molecule has 0 bridgehead atoms. The fraction of sp³-hybridized carbons (Fsp3) is 0.435. The lowest BCUT2D eigenvalue weighted by molar-refractivity contribution is -0.140. The standard InChI is InChI=1S/C23H25N3O5S2/c27-20(25(13-16-5-2-1-3-6-16)17-9-12-33(30,31)15-17)14-26-21(28)23(24-22(26)29)10-4-7-19-18(23)8-11-32-19/h1-3,5-6,8,11,17H,4,7,9-10,12-15H2,(H,24,29)/t17-,23+/m1/s1. The number of rotatable bonds is 5. The minimum atomic E-state index is -3.22. The second-order valence-electron chi connectivity index (χ2n) is 8.90. The van der Waals surface area contributed by atoms with Gasteiger partial charge in [-0.05, 0) is 42.7 Å². The van der Waals surface area contributed by atoms with E-state index in [4.69, 9.17) is 0 Å². The minimum Gasteiger partial charge on any atom is -0.333 e. The third-order valence-electron chi connectivity index (χ3n) is 6.80. The van der Waals surface area contributed by atoms with Gasteiger partial charge in [0.25, 0.3) is 5.91 Å². The highest BCUT2D eigenvalue weighted by molar-refractivity contribution is 7.91. The Hall–Kier alpha value is -2.72. The van der Waals surface area contributed by atoms with Crippen LogP contribution in [0.2, 0.25) is 0 Å². The molecule has 174 valence electrons. The first-order valence-electron chi connectivity index (χ1n) is 11.0. The van der Waals surface area contributed by atoms with Crippen LogP contribution in [0.15, 0.2) is 41.8 Å². The summed E-state index contributed by atoms with van der Waals surface area (Å²) < 4.78 is 24.2. The topological polar surface area (TPSA) is 104 Å². The summed E-state index contributed by atoms with van der Waals surface area (Å²) in [6.07, 6.45) is 2.50. The van der Waals surface area contributed by atoms with E-state index in [1.807, 2.05) is 41.8 Å². The lowest BCUT2D eigenvalue weighted by atomic mass is 9.80. The van der Waals surface area contributed by atoms with Crippen LogP contribution in [-0.2, 0) is 37.9 Å². The molecule has 4 amide bonds. The van der Waals surface area contributed by atoms with Crippen LogP contribution in [0, 0.1) is 0 Å². The molecule has 3 aliphatic rings. The average molecular weight is 488 g/mol. The molecular formula is C23H25N3O5S2. The van der Waals surface area contributed by atoms with Crippen LogP contribution in [0.4, 0.5) is 4.79 Å². The number of amides is 4. The fourth-order valence-electron chi connectivity index (χ4n) is 5.13. The zero-order chi connectivity index (χ0) is 23.2. The van der Waals surface area contributed by atoms with Gasteiger partial charge in [0.2, 0.25) is 5.91 Å². The number of imide groups is 1. The highest BCUT2D eigenvalue weighted by Gasteiger charge is 2.55. The van der Waals surface area contributed by atoms with Crippen molar-refractivity contribution in [2.45, 2.75) is 43.8 Å².